The van der Waals surface area contributed by atoms with Crippen LogP contribution in [0.25, 0.3) is 0 Å². The number of benzene rings is 1. The Balaban J connectivity index is 2.53. The summed E-state index contributed by atoms with van der Waals surface area (Å²) in [6.07, 6.45) is 3.37. The Morgan fingerprint density at radius 3 is 2.40 bits per heavy atom. The van der Waals surface area contributed by atoms with Crippen LogP contribution in [0.2, 0.25) is 0 Å². The predicted molar refractivity (Wildman–Crippen MR) is 89.2 cm³/mol. The lowest BCUT2D eigenvalue weighted by atomic mass is 10.1. The first-order valence-corrected chi connectivity index (χ1v) is 8.06. The van der Waals surface area contributed by atoms with Crippen molar-refractivity contribution in [3.63, 3.8) is 0 Å². The number of hydrogen-bond acceptors (Lipinski definition) is 2. The number of rotatable bonds is 7. The van der Waals surface area contributed by atoms with E-state index in [-0.39, 0.29) is 11.9 Å². The van der Waals surface area contributed by atoms with Gasteiger partial charge in [0.2, 0.25) is 5.91 Å². The Labute approximate surface area is 130 Å². The summed E-state index contributed by atoms with van der Waals surface area (Å²) in [7, 11) is 0. The molecule has 112 valence electrons. The van der Waals surface area contributed by atoms with Gasteiger partial charge in [0.05, 0.1) is 0 Å². The maximum atomic E-state index is 12.0. The Hall–Kier alpha value is -1.03. The molecule has 0 heterocycles. The van der Waals surface area contributed by atoms with Gasteiger partial charge in [-0.3, -0.25) is 4.79 Å². The highest BCUT2D eigenvalue weighted by atomic mass is 79.9. The number of hydrogen-bond donors (Lipinski definition) is 2. The molecule has 0 saturated carbocycles. The molecule has 3 nitrogen and oxygen atoms in total. The van der Waals surface area contributed by atoms with Crippen LogP contribution in [0.3, 0.4) is 0 Å². The average Bonchev–Trinajstić information content (AvgIpc) is 2.40. The van der Waals surface area contributed by atoms with Crippen LogP contribution in [0.15, 0.2) is 16.6 Å². The smallest absolute Gasteiger partial charge is 0.242 e. The summed E-state index contributed by atoms with van der Waals surface area (Å²) < 4.78 is 1.12. The van der Waals surface area contributed by atoms with Gasteiger partial charge in [0.25, 0.3) is 0 Å². The number of aryl methyl sites for hydroxylation is 2. The molecule has 0 spiro atoms. The molecule has 1 amide bonds. The average molecular weight is 341 g/mol. The lowest BCUT2D eigenvalue weighted by Crippen LogP contribution is -2.38. The van der Waals surface area contributed by atoms with Crippen molar-refractivity contribution in [2.45, 2.75) is 53.0 Å². The van der Waals surface area contributed by atoms with E-state index in [0.29, 0.717) is 0 Å². The fraction of sp³-hybridized carbons (Fsp3) is 0.562. The summed E-state index contributed by atoms with van der Waals surface area (Å²) in [4.78, 5) is 12.0. The van der Waals surface area contributed by atoms with E-state index in [9.17, 15) is 4.79 Å². The molecule has 0 radical (unpaired) electrons. The number of nitrogens with one attached hydrogen (secondary N) is 2. The quantitative estimate of drug-likeness (QED) is 0.731. The third kappa shape index (κ3) is 5.16. The Bertz CT molecular complexity index is 437. The number of unbranched alkanes of at least 4 members (excludes halogenated alkanes) is 2. The zero-order valence-electron chi connectivity index (χ0n) is 12.8. The molecule has 4 heteroatoms. The number of carbonyl (C=O) groups excluding carboxylic acids is 1. The third-order valence-corrected chi connectivity index (χ3v) is 4.54. The molecule has 20 heavy (non-hydrogen) atoms. The van der Waals surface area contributed by atoms with Crippen LogP contribution < -0.4 is 10.6 Å². The molecule has 1 aromatic carbocycles. The second kappa shape index (κ2) is 8.30. The summed E-state index contributed by atoms with van der Waals surface area (Å²) in [5.74, 6) is 0.0549. The molecule has 0 aromatic heterocycles. The summed E-state index contributed by atoms with van der Waals surface area (Å²) >= 11 is 3.55. The topological polar surface area (TPSA) is 41.1 Å². The summed E-state index contributed by atoms with van der Waals surface area (Å²) in [6, 6.07) is 3.88. The van der Waals surface area contributed by atoms with Crippen LogP contribution in [0.1, 0.15) is 44.2 Å². The van der Waals surface area contributed by atoms with Gasteiger partial charge in [-0.25, -0.2) is 0 Å². The number of carbonyl (C=O) groups is 1. The first-order valence-electron chi connectivity index (χ1n) is 7.26. The fourth-order valence-electron chi connectivity index (χ4n) is 2.08. The van der Waals surface area contributed by atoms with Crippen molar-refractivity contribution >= 4 is 27.5 Å². The minimum atomic E-state index is -0.225. The maximum Gasteiger partial charge on any atom is 0.242 e. The highest BCUT2D eigenvalue weighted by molar-refractivity contribution is 9.10. The number of halogens is 1. The van der Waals surface area contributed by atoms with Crippen LogP contribution in [0, 0.1) is 13.8 Å². The standard InChI is InChI=1S/C16H25BrN2O/c1-5-6-7-8-18-16(20)13(4)19-14-9-11(2)15(17)12(3)10-14/h9-10,13,19H,5-8H2,1-4H3,(H,18,20). The lowest BCUT2D eigenvalue weighted by molar-refractivity contribution is -0.121. The van der Waals surface area contributed by atoms with E-state index in [4.69, 9.17) is 0 Å². The van der Waals surface area contributed by atoms with Crippen LogP contribution in [-0.4, -0.2) is 18.5 Å². The Kier molecular flexibility index (Phi) is 7.06. The van der Waals surface area contributed by atoms with Crippen molar-refractivity contribution in [1.29, 1.82) is 0 Å². The lowest BCUT2D eigenvalue weighted by Gasteiger charge is -2.17. The third-order valence-electron chi connectivity index (χ3n) is 3.29. The van der Waals surface area contributed by atoms with Gasteiger partial charge in [0, 0.05) is 16.7 Å². The molecule has 1 rings (SSSR count). The molecule has 0 aliphatic carbocycles. The van der Waals surface area contributed by atoms with E-state index in [0.717, 1.165) is 29.5 Å². The molecule has 1 aromatic rings. The molecule has 0 aliphatic rings. The van der Waals surface area contributed by atoms with Crippen molar-refractivity contribution in [2.75, 3.05) is 11.9 Å². The molecule has 0 fully saturated rings. The minimum Gasteiger partial charge on any atom is -0.374 e. The van der Waals surface area contributed by atoms with Gasteiger partial charge >= 0.3 is 0 Å². The second-order valence-corrected chi connectivity index (χ2v) is 6.08. The van der Waals surface area contributed by atoms with Gasteiger partial charge in [-0.1, -0.05) is 35.7 Å². The summed E-state index contributed by atoms with van der Waals surface area (Å²) in [5.41, 5.74) is 3.32. The van der Waals surface area contributed by atoms with Crippen molar-refractivity contribution in [1.82, 2.24) is 5.32 Å². The van der Waals surface area contributed by atoms with E-state index < -0.39 is 0 Å². The number of amides is 1. The minimum absolute atomic E-state index is 0.0549. The van der Waals surface area contributed by atoms with Gasteiger partial charge in [-0.2, -0.15) is 0 Å². The SMILES string of the molecule is CCCCCNC(=O)C(C)Nc1cc(C)c(Br)c(C)c1. The zero-order chi connectivity index (χ0) is 15.1. The predicted octanol–water partition coefficient (Wildman–Crippen LogP) is 4.17. The van der Waals surface area contributed by atoms with Gasteiger partial charge < -0.3 is 10.6 Å². The van der Waals surface area contributed by atoms with Crippen molar-refractivity contribution < 1.29 is 4.79 Å². The van der Waals surface area contributed by atoms with Crippen LogP contribution in [0.4, 0.5) is 5.69 Å². The normalized spacial score (nSPS) is 12.1. The van der Waals surface area contributed by atoms with Gasteiger partial charge in [-0.15, -0.1) is 0 Å². The second-order valence-electron chi connectivity index (χ2n) is 5.29. The molecule has 0 bridgehead atoms. The Morgan fingerprint density at radius 2 is 1.85 bits per heavy atom. The highest BCUT2D eigenvalue weighted by Crippen LogP contribution is 2.25. The van der Waals surface area contributed by atoms with Gasteiger partial charge in [0.1, 0.15) is 6.04 Å². The summed E-state index contributed by atoms with van der Waals surface area (Å²) in [5, 5.41) is 6.23. The molecule has 1 unspecified atom stereocenters. The van der Waals surface area contributed by atoms with E-state index in [1.807, 2.05) is 6.92 Å². The maximum absolute atomic E-state index is 12.0. The van der Waals surface area contributed by atoms with Crippen molar-refractivity contribution in [3.8, 4) is 0 Å². The first-order chi connectivity index (χ1) is 9.45. The number of anilines is 1. The molecule has 0 saturated heterocycles. The fourth-order valence-corrected chi connectivity index (χ4v) is 2.31. The molecular formula is C16H25BrN2O. The van der Waals surface area contributed by atoms with Crippen LogP contribution >= 0.6 is 15.9 Å². The van der Waals surface area contributed by atoms with Crippen molar-refractivity contribution in [3.05, 3.63) is 27.7 Å². The van der Waals surface area contributed by atoms with E-state index in [1.54, 1.807) is 0 Å². The largest absolute Gasteiger partial charge is 0.374 e. The summed E-state index contributed by atoms with van der Waals surface area (Å²) in [6.45, 7) is 8.92. The monoisotopic (exact) mass is 340 g/mol. The van der Waals surface area contributed by atoms with Crippen LogP contribution in [-0.2, 0) is 4.79 Å². The molecule has 1 atom stereocenters. The van der Waals surface area contributed by atoms with Gasteiger partial charge in [-0.05, 0) is 50.5 Å². The first kappa shape index (κ1) is 17.0. The van der Waals surface area contributed by atoms with Crippen molar-refractivity contribution in [2.24, 2.45) is 0 Å². The highest BCUT2D eigenvalue weighted by Gasteiger charge is 2.12. The van der Waals surface area contributed by atoms with E-state index >= 15 is 0 Å². The zero-order valence-corrected chi connectivity index (χ0v) is 14.4. The van der Waals surface area contributed by atoms with Crippen LogP contribution in [0.5, 0.6) is 0 Å². The molecule has 0 aliphatic heterocycles. The van der Waals surface area contributed by atoms with E-state index in [2.05, 4.69) is 59.5 Å². The Morgan fingerprint density at radius 1 is 1.25 bits per heavy atom. The van der Waals surface area contributed by atoms with Gasteiger partial charge in [0.15, 0.2) is 0 Å². The molecular weight excluding hydrogens is 316 g/mol. The molecule has 2 N–H and O–H groups in total. The van der Waals surface area contributed by atoms with E-state index in [1.165, 1.54) is 17.5 Å².